The molecule has 9 heteroatoms. The van der Waals surface area contributed by atoms with Crippen molar-refractivity contribution in [3.05, 3.63) is 35.4 Å². The van der Waals surface area contributed by atoms with Crippen LogP contribution in [0, 0.1) is 5.92 Å². The van der Waals surface area contributed by atoms with Gasteiger partial charge >= 0.3 is 12.2 Å². The number of rotatable bonds is 4. The van der Waals surface area contributed by atoms with Gasteiger partial charge in [-0.2, -0.15) is 13.2 Å². The summed E-state index contributed by atoms with van der Waals surface area (Å²) in [5.74, 6) is -1.09. The number of urea groups is 1. The van der Waals surface area contributed by atoms with Crippen molar-refractivity contribution in [2.75, 3.05) is 6.54 Å². The molecule has 2 fully saturated rings. The van der Waals surface area contributed by atoms with E-state index in [-0.39, 0.29) is 11.6 Å². The molecule has 1 aromatic carbocycles. The summed E-state index contributed by atoms with van der Waals surface area (Å²) in [5.41, 5.74) is -3.25. The summed E-state index contributed by atoms with van der Waals surface area (Å²) in [7, 11) is 0. The summed E-state index contributed by atoms with van der Waals surface area (Å²) in [5, 5.41) is 5.18. The predicted octanol–water partition coefficient (Wildman–Crippen LogP) is 3.17. The number of carbonyl (C=O) groups is 3. The normalized spacial score (nSPS) is 27.7. The Hall–Kier alpha value is -2.58. The maximum absolute atomic E-state index is 13.4. The summed E-state index contributed by atoms with van der Waals surface area (Å²) >= 11 is 0. The summed E-state index contributed by atoms with van der Waals surface area (Å²) in [6, 6.07) is 3.69. The molecule has 0 aromatic heterocycles. The first-order valence-corrected chi connectivity index (χ1v) is 9.64. The second-order valence-corrected chi connectivity index (χ2v) is 7.93. The van der Waals surface area contributed by atoms with Crippen LogP contribution in [-0.4, -0.2) is 35.3 Å². The standard InChI is InChI=1S/C20H24F3N3O3/c1-12-7-3-6-10-15(12)24-16(27)11-26-17(28)19(2,25-18(26)29)13-8-4-5-9-14(13)20(21,22)23/h4-5,8-9,12,15H,3,6-7,10-11H2,1-2H3,(H,24,27)(H,25,29). The highest BCUT2D eigenvalue weighted by Gasteiger charge is 2.52. The maximum Gasteiger partial charge on any atom is 0.416 e. The van der Waals surface area contributed by atoms with Crippen molar-refractivity contribution in [3.63, 3.8) is 0 Å². The van der Waals surface area contributed by atoms with Crippen LogP contribution >= 0.6 is 0 Å². The average Bonchev–Trinajstić information content (AvgIpc) is 2.87. The lowest BCUT2D eigenvalue weighted by atomic mass is 9.86. The lowest BCUT2D eigenvalue weighted by molar-refractivity contribution is -0.140. The van der Waals surface area contributed by atoms with Crippen molar-refractivity contribution in [3.8, 4) is 0 Å². The maximum atomic E-state index is 13.4. The predicted molar refractivity (Wildman–Crippen MR) is 98.6 cm³/mol. The van der Waals surface area contributed by atoms with Gasteiger partial charge in [-0.1, -0.05) is 38.0 Å². The molecular formula is C20H24F3N3O3. The molecule has 2 N–H and O–H groups in total. The monoisotopic (exact) mass is 411 g/mol. The molecular weight excluding hydrogens is 387 g/mol. The lowest BCUT2D eigenvalue weighted by Gasteiger charge is -2.30. The molecule has 158 valence electrons. The number of carbonyl (C=O) groups excluding carboxylic acids is 3. The topological polar surface area (TPSA) is 78.5 Å². The molecule has 0 radical (unpaired) electrons. The van der Waals surface area contributed by atoms with Crippen LogP contribution in [0.15, 0.2) is 24.3 Å². The Labute approximate surface area is 166 Å². The molecule has 3 atom stereocenters. The summed E-state index contributed by atoms with van der Waals surface area (Å²) in [6.07, 6.45) is -0.793. The van der Waals surface area contributed by atoms with Crippen LogP contribution in [0.5, 0.6) is 0 Å². The van der Waals surface area contributed by atoms with Gasteiger partial charge in [-0.3, -0.25) is 14.5 Å². The Balaban J connectivity index is 1.78. The van der Waals surface area contributed by atoms with Gasteiger partial charge in [-0.25, -0.2) is 4.79 Å². The van der Waals surface area contributed by atoms with E-state index < -0.39 is 41.7 Å². The molecule has 3 rings (SSSR count). The molecule has 0 bridgehead atoms. The van der Waals surface area contributed by atoms with Crippen molar-refractivity contribution in [2.45, 2.75) is 57.3 Å². The van der Waals surface area contributed by atoms with Crippen molar-refractivity contribution < 1.29 is 27.6 Å². The molecule has 2 aliphatic rings. The third-order valence-electron chi connectivity index (χ3n) is 5.81. The first-order valence-electron chi connectivity index (χ1n) is 9.64. The minimum Gasteiger partial charge on any atom is -0.352 e. The van der Waals surface area contributed by atoms with Crippen LogP contribution in [0.4, 0.5) is 18.0 Å². The van der Waals surface area contributed by atoms with Crippen LogP contribution in [0.3, 0.4) is 0 Å². The van der Waals surface area contributed by atoms with E-state index in [4.69, 9.17) is 0 Å². The van der Waals surface area contributed by atoms with E-state index >= 15 is 0 Å². The van der Waals surface area contributed by atoms with E-state index in [1.54, 1.807) is 0 Å². The second-order valence-electron chi connectivity index (χ2n) is 7.93. The van der Waals surface area contributed by atoms with Crippen LogP contribution in [-0.2, 0) is 21.3 Å². The number of nitrogens with one attached hydrogen (secondary N) is 2. The van der Waals surface area contributed by atoms with Crippen molar-refractivity contribution in [2.24, 2.45) is 5.92 Å². The van der Waals surface area contributed by atoms with Crippen molar-refractivity contribution in [1.82, 2.24) is 15.5 Å². The molecule has 0 spiro atoms. The van der Waals surface area contributed by atoms with E-state index in [1.807, 2.05) is 6.92 Å². The summed E-state index contributed by atoms with van der Waals surface area (Å²) < 4.78 is 40.2. The minimum atomic E-state index is -4.69. The second kappa shape index (κ2) is 7.68. The van der Waals surface area contributed by atoms with Gasteiger partial charge in [-0.15, -0.1) is 0 Å². The van der Waals surface area contributed by atoms with Gasteiger partial charge in [0.15, 0.2) is 0 Å². The van der Waals surface area contributed by atoms with Gasteiger partial charge in [0.25, 0.3) is 5.91 Å². The van der Waals surface area contributed by atoms with Crippen molar-refractivity contribution in [1.29, 1.82) is 0 Å². The Morgan fingerprint density at radius 2 is 1.90 bits per heavy atom. The Morgan fingerprint density at radius 3 is 2.55 bits per heavy atom. The van der Waals surface area contributed by atoms with Gasteiger partial charge in [0.05, 0.1) is 5.56 Å². The largest absolute Gasteiger partial charge is 0.416 e. The lowest BCUT2D eigenvalue weighted by Crippen LogP contribution is -2.47. The Bertz CT molecular complexity index is 827. The molecule has 1 heterocycles. The summed E-state index contributed by atoms with van der Waals surface area (Å²) in [6.45, 7) is 2.72. The molecule has 3 unspecified atom stereocenters. The molecule has 1 saturated heterocycles. The van der Waals surface area contributed by atoms with Crippen molar-refractivity contribution >= 4 is 17.8 Å². The highest BCUT2D eigenvalue weighted by Crippen LogP contribution is 2.39. The minimum absolute atomic E-state index is 0.0330. The number of hydrogen-bond acceptors (Lipinski definition) is 3. The SMILES string of the molecule is CC1CCCCC1NC(=O)CN1C(=O)NC(C)(c2ccccc2C(F)(F)F)C1=O. The number of benzene rings is 1. The number of hydrogen-bond donors (Lipinski definition) is 2. The van der Waals surface area contributed by atoms with E-state index in [9.17, 15) is 27.6 Å². The number of nitrogens with zero attached hydrogens (tertiary/aromatic N) is 1. The van der Waals surface area contributed by atoms with Gasteiger partial charge in [0, 0.05) is 6.04 Å². The number of alkyl halides is 3. The third-order valence-corrected chi connectivity index (χ3v) is 5.81. The summed E-state index contributed by atoms with van der Waals surface area (Å²) in [4.78, 5) is 38.4. The fourth-order valence-electron chi connectivity index (χ4n) is 4.12. The fourth-order valence-corrected chi connectivity index (χ4v) is 4.12. The average molecular weight is 411 g/mol. The van der Waals surface area contributed by atoms with E-state index in [2.05, 4.69) is 10.6 Å². The molecule has 1 aliphatic carbocycles. The van der Waals surface area contributed by atoms with E-state index in [0.717, 1.165) is 37.8 Å². The highest BCUT2D eigenvalue weighted by atomic mass is 19.4. The van der Waals surface area contributed by atoms with Gasteiger partial charge < -0.3 is 10.6 Å². The zero-order valence-corrected chi connectivity index (χ0v) is 16.3. The van der Waals surface area contributed by atoms with Crippen LogP contribution < -0.4 is 10.6 Å². The zero-order valence-electron chi connectivity index (χ0n) is 16.3. The quantitative estimate of drug-likeness (QED) is 0.747. The van der Waals surface area contributed by atoms with E-state index in [1.165, 1.54) is 19.1 Å². The zero-order chi connectivity index (χ0) is 21.4. The number of halogens is 3. The van der Waals surface area contributed by atoms with Crippen LogP contribution in [0.2, 0.25) is 0 Å². The third kappa shape index (κ3) is 4.09. The van der Waals surface area contributed by atoms with E-state index in [0.29, 0.717) is 10.8 Å². The highest BCUT2D eigenvalue weighted by molar-refractivity contribution is 6.09. The molecule has 1 aromatic rings. The first kappa shape index (κ1) is 21.1. The smallest absolute Gasteiger partial charge is 0.352 e. The Kier molecular flexibility index (Phi) is 5.60. The fraction of sp³-hybridized carbons (Fsp3) is 0.550. The molecule has 6 nitrogen and oxygen atoms in total. The number of amides is 4. The molecule has 1 aliphatic heterocycles. The van der Waals surface area contributed by atoms with Crippen LogP contribution in [0.25, 0.3) is 0 Å². The van der Waals surface area contributed by atoms with Gasteiger partial charge in [0.2, 0.25) is 5.91 Å². The van der Waals surface area contributed by atoms with Gasteiger partial charge in [0.1, 0.15) is 12.1 Å². The molecule has 4 amide bonds. The molecule has 29 heavy (non-hydrogen) atoms. The molecule has 1 saturated carbocycles. The number of imide groups is 1. The Morgan fingerprint density at radius 1 is 1.24 bits per heavy atom. The first-order chi connectivity index (χ1) is 13.5. The van der Waals surface area contributed by atoms with Gasteiger partial charge in [-0.05, 0) is 37.3 Å². The van der Waals surface area contributed by atoms with Crippen LogP contribution in [0.1, 0.15) is 50.7 Å².